The molecule has 0 saturated carbocycles. The Balaban J connectivity index is 1.71. The third kappa shape index (κ3) is 3.88. The molecule has 0 radical (unpaired) electrons. The molecule has 0 aliphatic carbocycles. The van der Waals surface area contributed by atoms with Gasteiger partial charge in [0.1, 0.15) is 5.76 Å². The van der Waals surface area contributed by atoms with Crippen LogP contribution < -0.4 is 5.56 Å². The van der Waals surface area contributed by atoms with Crippen molar-refractivity contribution in [2.45, 2.75) is 20.0 Å². The SMILES string of the molecule is Cc1ccccc1CN(C)C(=O)c1ccc(Cn2ccccc2=O)o1. The predicted octanol–water partition coefficient (Wildman–Crippen LogP) is 3.07. The van der Waals surface area contributed by atoms with Crippen molar-refractivity contribution >= 4 is 5.91 Å². The van der Waals surface area contributed by atoms with Gasteiger partial charge in [0.25, 0.3) is 11.5 Å². The molecule has 0 fully saturated rings. The number of carbonyl (C=O) groups excluding carboxylic acids is 1. The molecule has 2 heterocycles. The molecule has 128 valence electrons. The first kappa shape index (κ1) is 16.8. The number of furan rings is 1. The van der Waals surface area contributed by atoms with E-state index in [1.807, 2.05) is 31.2 Å². The molecule has 1 amide bonds. The van der Waals surface area contributed by atoms with Crippen molar-refractivity contribution in [1.29, 1.82) is 0 Å². The summed E-state index contributed by atoms with van der Waals surface area (Å²) < 4.78 is 7.17. The molecule has 5 heteroatoms. The molecule has 0 atom stereocenters. The highest BCUT2D eigenvalue weighted by molar-refractivity contribution is 5.91. The molecule has 0 aliphatic heterocycles. The standard InChI is InChI=1S/C20H20N2O3/c1-15-7-3-4-8-16(15)13-21(2)20(24)18-11-10-17(25-18)14-22-12-6-5-9-19(22)23/h3-12H,13-14H2,1-2H3. The van der Waals surface area contributed by atoms with E-state index in [1.54, 1.807) is 42.4 Å². The summed E-state index contributed by atoms with van der Waals surface area (Å²) in [6.45, 7) is 2.84. The fourth-order valence-corrected chi connectivity index (χ4v) is 2.64. The van der Waals surface area contributed by atoms with E-state index >= 15 is 0 Å². The zero-order valence-corrected chi connectivity index (χ0v) is 14.3. The Morgan fingerprint density at radius 2 is 1.84 bits per heavy atom. The number of nitrogens with zero attached hydrogens (tertiary/aromatic N) is 2. The van der Waals surface area contributed by atoms with Crippen molar-refractivity contribution in [3.05, 3.63) is 93.8 Å². The molecule has 5 nitrogen and oxygen atoms in total. The first-order valence-electron chi connectivity index (χ1n) is 8.09. The number of benzene rings is 1. The molecular weight excluding hydrogens is 316 g/mol. The maximum Gasteiger partial charge on any atom is 0.289 e. The van der Waals surface area contributed by atoms with Crippen LogP contribution in [0.5, 0.6) is 0 Å². The Morgan fingerprint density at radius 3 is 2.60 bits per heavy atom. The van der Waals surface area contributed by atoms with E-state index in [0.717, 1.165) is 11.1 Å². The van der Waals surface area contributed by atoms with Crippen LogP contribution in [0.3, 0.4) is 0 Å². The maximum atomic E-state index is 12.6. The van der Waals surface area contributed by atoms with E-state index in [4.69, 9.17) is 4.42 Å². The number of pyridine rings is 1. The van der Waals surface area contributed by atoms with Crippen molar-refractivity contribution in [3.8, 4) is 0 Å². The summed E-state index contributed by atoms with van der Waals surface area (Å²) in [5.74, 6) is 0.658. The third-order valence-corrected chi connectivity index (χ3v) is 4.11. The number of hydrogen-bond donors (Lipinski definition) is 0. The number of aromatic nitrogens is 1. The van der Waals surface area contributed by atoms with Gasteiger partial charge >= 0.3 is 0 Å². The highest BCUT2D eigenvalue weighted by Gasteiger charge is 2.17. The summed E-state index contributed by atoms with van der Waals surface area (Å²) in [6, 6.07) is 16.3. The molecule has 2 aromatic heterocycles. The Hall–Kier alpha value is -3.08. The van der Waals surface area contributed by atoms with Gasteiger partial charge in [-0.05, 0) is 36.2 Å². The minimum absolute atomic E-state index is 0.108. The van der Waals surface area contributed by atoms with Crippen LogP contribution in [0.4, 0.5) is 0 Å². The van der Waals surface area contributed by atoms with Gasteiger partial charge in [0.15, 0.2) is 5.76 Å². The molecule has 3 aromatic rings. The van der Waals surface area contributed by atoms with Gasteiger partial charge in [-0.2, -0.15) is 0 Å². The van der Waals surface area contributed by atoms with Crippen molar-refractivity contribution in [3.63, 3.8) is 0 Å². The second-order valence-corrected chi connectivity index (χ2v) is 6.02. The minimum atomic E-state index is -0.185. The minimum Gasteiger partial charge on any atom is -0.454 e. The summed E-state index contributed by atoms with van der Waals surface area (Å²) in [5.41, 5.74) is 2.13. The van der Waals surface area contributed by atoms with Gasteiger partial charge in [-0.3, -0.25) is 9.59 Å². The lowest BCUT2D eigenvalue weighted by Crippen LogP contribution is -2.26. The van der Waals surface area contributed by atoms with Crippen LogP contribution in [0.2, 0.25) is 0 Å². The maximum absolute atomic E-state index is 12.6. The summed E-state index contributed by atoms with van der Waals surface area (Å²) in [5, 5.41) is 0. The summed E-state index contributed by atoms with van der Waals surface area (Å²) in [7, 11) is 1.75. The lowest BCUT2D eigenvalue weighted by atomic mass is 10.1. The van der Waals surface area contributed by atoms with Crippen LogP contribution in [-0.4, -0.2) is 22.4 Å². The van der Waals surface area contributed by atoms with E-state index < -0.39 is 0 Å². The topological polar surface area (TPSA) is 55.5 Å². The average Bonchev–Trinajstić information content (AvgIpc) is 3.07. The zero-order chi connectivity index (χ0) is 17.8. The predicted molar refractivity (Wildman–Crippen MR) is 95.5 cm³/mol. The Morgan fingerprint density at radius 1 is 1.08 bits per heavy atom. The molecule has 0 N–H and O–H groups in total. The lowest BCUT2D eigenvalue weighted by molar-refractivity contribution is 0.0751. The molecule has 0 unspecified atom stereocenters. The quantitative estimate of drug-likeness (QED) is 0.719. The van der Waals surface area contributed by atoms with Crippen LogP contribution in [-0.2, 0) is 13.1 Å². The van der Waals surface area contributed by atoms with Gasteiger partial charge in [-0.1, -0.05) is 30.3 Å². The second kappa shape index (κ2) is 7.21. The van der Waals surface area contributed by atoms with E-state index in [1.165, 1.54) is 10.6 Å². The highest BCUT2D eigenvalue weighted by Crippen LogP contribution is 2.14. The summed E-state index contributed by atoms with van der Waals surface area (Å²) in [4.78, 5) is 25.9. The number of rotatable bonds is 5. The van der Waals surface area contributed by atoms with Gasteiger partial charge in [0, 0.05) is 25.9 Å². The fraction of sp³-hybridized carbons (Fsp3) is 0.200. The first-order chi connectivity index (χ1) is 12.0. The van der Waals surface area contributed by atoms with Crippen LogP contribution >= 0.6 is 0 Å². The second-order valence-electron chi connectivity index (χ2n) is 6.02. The number of amides is 1. The zero-order valence-electron chi connectivity index (χ0n) is 14.3. The normalized spacial score (nSPS) is 10.6. The molecule has 0 saturated heterocycles. The van der Waals surface area contributed by atoms with Gasteiger partial charge in [-0.15, -0.1) is 0 Å². The molecule has 1 aromatic carbocycles. The van der Waals surface area contributed by atoms with E-state index in [9.17, 15) is 9.59 Å². The number of aryl methyl sites for hydroxylation is 1. The Labute approximate surface area is 146 Å². The monoisotopic (exact) mass is 336 g/mol. The van der Waals surface area contributed by atoms with Gasteiger partial charge in [0.05, 0.1) is 6.54 Å². The smallest absolute Gasteiger partial charge is 0.289 e. The largest absolute Gasteiger partial charge is 0.454 e. The Kier molecular flexibility index (Phi) is 4.84. The van der Waals surface area contributed by atoms with E-state index in [-0.39, 0.29) is 17.2 Å². The van der Waals surface area contributed by atoms with E-state index in [0.29, 0.717) is 18.8 Å². The molecule has 0 aliphatic rings. The van der Waals surface area contributed by atoms with Crippen molar-refractivity contribution in [2.75, 3.05) is 7.05 Å². The van der Waals surface area contributed by atoms with Gasteiger partial charge < -0.3 is 13.9 Å². The third-order valence-electron chi connectivity index (χ3n) is 4.11. The number of carbonyl (C=O) groups is 1. The Bertz CT molecular complexity index is 940. The molecular formula is C20H20N2O3. The summed E-state index contributed by atoms with van der Waals surface area (Å²) in [6.07, 6.45) is 1.69. The summed E-state index contributed by atoms with van der Waals surface area (Å²) >= 11 is 0. The van der Waals surface area contributed by atoms with Gasteiger partial charge in [0.2, 0.25) is 0 Å². The lowest BCUT2D eigenvalue weighted by Gasteiger charge is -2.17. The highest BCUT2D eigenvalue weighted by atomic mass is 16.4. The molecule has 0 spiro atoms. The van der Waals surface area contributed by atoms with E-state index in [2.05, 4.69) is 0 Å². The first-order valence-corrected chi connectivity index (χ1v) is 8.09. The number of hydrogen-bond acceptors (Lipinski definition) is 3. The molecule has 25 heavy (non-hydrogen) atoms. The van der Waals surface area contributed by atoms with Crippen LogP contribution in [0, 0.1) is 6.92 Å². The van der Waals surface area contributed by atoms with Crippen molar-refractivity contribution in [2.24, 2.45) is 0 Å². The van der Waals surface area contributed by atoms with Crippen LogP contribution in [0.15, 0.2) is 70.0 Å². The van der Waals surface area contributed by atoms with Gasteiger partial charge in [-0.25, -0.2) is 0 Å². The molecule has 0 bridgehead atoms. The van der Waals surface area contributed by atoms with Crippen molar-refractivity contribution < 1.29 is 9.21 Å². The van der Waals surface area contributed by atoms with Crippen LogP contribution in [0.25, 0.3) is 0 Å². The molecule has 3 rings (SSSR count). The van der Waals surface area contributed by atoms with Crippen LogP contribution in [0.1, 0.15) is 27.4 Å². The van der Waals surface area contributed by atoms with Crippen molar-refractivity contribution in [1.82, 2.24) is 9.47 Å². The average molecular weight is 336 g/mol. The fourth-order valence-electron chi connectivity index (χ4n) is 2.64.